The van der Waals surface area contributed by atoms with Crippen LogP contribution in [0.3, 0.4) is 0 Å². The maximum Gasteiger partial charge on any atom is 0.338 e. The lowest BCUT2D eigenvalue weighted by Gasteiger charge is -2.43. The summed E-state index contributed by atoms with van der Waals surface area (Å²) < 4.78 is 21.8. The Morgan fingerprint density at radius 1 is 1.07 bits per heavy atom. The lowest BCUT2D eigenvalue weighted by atomic mass is 9.86. The van der Waals surface area contributed by atoms with Gasteiger partial charge in [-0.1, -0.05) is 18.2 Å². The van der Waals surface area contributed by atoms with Gasteiger partial charge in [0.25, 0.3) is 0 Å². The van der Waals surface area contributed by atoms with Crippen molar-refractivity contribution in [2.24, 2.45) is 0 Å². The summed E-state index contributed by atoms with van der Waals surface area (Å²) in [6.07, 6.45) is 0.893. The van der Waals surface area contributed by atoms with Gasteiger partial charge in [-0.3, -0.25) is 4.90 Å². The smallest absolute Gasteiger partial charge is 0.338 e. The molecule has 164 valence electrons. The van der Waals surface area contributed by atoms with Crippen molar-refractivity contribution >= 4 is 30.1 Å². The fourth-order valence-electron chi connectivity index (χ4n) is 3.65. The second-order valence-electron chi connectivity index (χ2n) is 7.01. The summed E-state index contributed by atoms with van der Waals surface area (Å²) in [5.41, 5.74) is 1.18. The molecule has 8 heteroatoms. The summed E-state index contributed by atoms with van der Waals surface area (Å²) >= 11 is 1.84. The van der Waals surface area contributed by atoms with Gasteiger partial charge in [-0.25, -0.2) is 4.79 Å². The van der Waals surface area contributed by atoms with Crippen LogP contribution in [0.15, 0.2) is 41.3 Å². The van der Waals surface area contributed by atoms with Gasteiger partial charge in [-0.2, -0.15) is 0 Å². The van der Waals surface area contributed by atoms with Crippen LogP contribution in [0.2, 0.25) is 0 Å². The van der Waals surface area contributed by atoms with Gasteiger partial charge in [-0.05, 0) is 44.3 Å². The summed E-state index contributed by atoms with van der Waals surface area (Å²) in [4.78, 5) is 16.3. The average molecular weight is 454 g/mol. The topological polar surface area (TPSA) is 57.2 Å². The molecule has 0 saturated carbocycles. The van der Waals surface area contributed by atoms with Crippen LogP contribution in [-0.4, -0.2) is 58.7 Å². The highest BCUT2D eigenvalue weighted by Crippen LogP contribution is 2.43. The van der Waals surface area contributed by atoms with Gasteiger partial charge in [0.05, 0.1) is 32.4 Å². The molecule has 0 radical (unpaired) electrons. The van der Waals surface area contributed by atoms with Crippen molar-refractivity contribution in [3.63, 3.8) is 0 Å². The molecule has 0 aromatic heterocycles. The molecule has 2 aromatic carbocycles. The zero-order chi connectivity index (χ0) is 21.0. The van der Waals surface area contributed by atoms with Crippen molar-refractivity contribution in [1.29, 1.82) is 0 Å². The number of rotatable bonds is 7. The van der Waals surface area contributed by atoms with Crippen LogP contribution < -0.4 is 14.2 Å². The molecule has 30 heavy (non-hydrogen) atoms. The van der Waals surface area contributed by atoms with E-state index in [4.69, 9.17) is 18.9 Å². The monoisotopic (exact) mass is 453 g/mol. The Kier molecular flexibility index (Phi) is 8.29. The van der Waals surface area contributed by atoms with Crippen LogP contribution in [-0.2, 0) is 10.3 Å². The highest BCUT2D eigenvalue weighted by atomic mass is 35.5. The van der Waals surface area contributed by atoms with E-state index < -0.39 is 5.97 Å². The molecule has 3 rings (SSSR count). The Bertz CT molecular complexity index is 867. The van der Waals surface area contributed by atoms with Crippen LogP contribution in [0.4, 0.5) is 0 Å². The Labute approximate surface area is 188 Å². The van der Waals surface area contributed by atoms with E-state index >= 15 is 0 Å². The molecule has 0 N–H and O–H groups in total. The van der Waals surface area contributed by atoms with Gasteiger partial charge in [0.1, 0.15) is 6.61 Å². The number of benzene rings is 2. The maximum absolute atomic E-state index is 12.9. The highest BCUT2D eigenvalue weighted by Gasteiger charge is 2.40. The predicted molar refractivity (Wildman–Crippen MR) is 121 cm³/mol. The van der Waals surface area contributed by atoms with E-state index in [9.17, 15) is 4.79 Å². The number of carbonyl (C=O) groups excluding carboxylic acids is 1. The van der Waals surface area contributed by atoms with E-state index in [2.05, 4.69) is 17.0 Å². The van der Waals surface area contributed by atoms with Crippen molar-refractivity contribution in [3.05, 3.63) is 47.5 Å². The van der Waals surface area contributed by atoms with Crippen molar-refractivity contribution in [3.8, 4) is 17.2 Å². The van der Waals surface area contributed by atoms with Crippen molar-refractivity contribution < 1.29 is 23.7 Å². The molecular formula is C22H28ClNO5S. The number of nitrogens with zero attached hydrogens (tertiary/aromatic N) is 1. The quantitative estimate of drug-likeness (QED) is 0.581. The van der Waals surface area contributed by atoms with Gasteiger partial charge in [-0.15, -0.1) is 24.2 Å². The molecule has 1 heterocycles. The minimum absolute atomic E-state index is 0. The van der Waals surface area contributed by atoms with Crippen LogP contribution in [0.5, 0.6) is 17.2 Å². The van der Waals surface area contributed by atoms with Crippen molar-refractivity contribution in [2.45, 2.75) is 16.9 Å². The van der Waals surface area contributed by atoms with Gasteiger partial charge < -0.3 is 18.9 Å². The van der Waals surface area contributed by atoms with Gasteiger partial charge in [0.2, 0.25) is 5.75 Å². The molecular weight excluding hydrogens is 426 g/mol. The highest BCUT2D eigenvalue weighted by molar-refractivity contribution is 7.99. The number of fused-ring (bicyclic) bond motifs is 1. The number of hydrogen-bond donors (Lipinski definition) is 0. The second kappa shape index (κ2) is 10.3. The maximum atomic E-state index is 12.9. The summed E-state index contributed by atoms with van der Waals surface area (Å²) in [5, 5.41) is 0. The van der Waals surface area contributed by atoms with Crippen LogP contribution in [0.1, 0.15) is 22.3 Å². The number of likely N-dealkylation sites (N-methyl/N-ethyl adjacent to an activating group) is 1. The largest absolute Gasteiger partial charge is 0.493 e. The number of esters is 1. The molecule has 1 unspecified atom stereocenters. The van der Waals surface area contributed by atoms with Crippen molar-refractivity contribution in [1.82, 2.24) is 4.90 Å². The van der Waals surface area contributed by atoms with E-state index in [1.165, 1.54) is 31.8 Å². The molecule has 2 aromatic rings. The van der Waals surface area contributed by atoms with Gasteiger partial charge in [0, 0.05) is 10.6 Å². The Balaban J connectivity index is 0.00000320. The zero-order valence-electron chi connectivity index (χ0n) is 17.9. The molecule has 0 bridgehead atoms. The Morgan fingerprint density at radius 2 is 1.70 bits per heavy atom. The standard InChI is InChI=1S/C22H27NO5S.ClH/c1-23(2)22(10-11-29-19-9-7-6-8-16(19)22)14-28-21(24)15-12-17(25-3)20(27-5)18(13-15)26-4;/h6-9,12-13H,10-11,14H2,1-5H3;1H. The molecule has 0 aliphatic carbocycles. The lowest BCUT2D eigenvalue weighted by Crippen LogP contribution is -2.48. The number of carbonyl (C=O) groups is 1. The number of methoxy groups -OCH3 is 3. The molecule has 0 amide bonds. The SMILES string of the molecule is COc1cc(C(=O)OCC2(N(C)C)CCSc3ccccc32)cc(OC)c1OC.Cl. The predicted octanol–water partition coefficient (Wildman–Crippen LogP) is 4.24. The van der Waals surface area contributed by atoms with Crippen LogP contribution in [0, 0.1) is 0 Å². The normalized spacial score (nSPS) is 17.5. The average Bonchev–Trinajstić information content (AvgIpc) is 2.75. The molecule has 1 aliphatic heterocycles. The number of hydrogen-bond acceptors (Lipinski definition) is 7. The number of thioether (sulfide) groups is 1. The summed E-state index contributed by atoms with van der Waals surface area (Å²) in [7, 11) is 8.62. The molecule has 1 aliphatic rings. The van der Waals surface area contributed by atoms with E-state index in [1.54, 1.807) is 12.1 Å². The third kappa shape index (κ3) is 4.48. The number of halogens is 1. The Hall–Kier alpha value is -2.09. The van der Waals surface area contributed by atoms with E-state index in [-0.39, 0.29) is 24.6 Å². The summed E-state index contributed by atoms with van der Waals surface area (Å²) in [6, 6.07) is 11.5. The minimum atomic E-state index is -0.429. The molecule has 0 spiro atoms. The minimum Gasteiger partial charge on any atom is -0.493 e. The first kappa shape index (κ1) is 24.2. The van der Waals surface area contributed by atoms with Crippen LogP contribution in [0.25, 0.3) is 0 Å². The first-order chi connectivity index (χ1) is 14.0. The fraction of sp³-hybridized carbons (Fsp3) is 0.409. The van der Waals surface area contributed by atoms with Gasteiger partial charge in [0.15, 0.2) is 11.5 Å². The van der Waals surface area contributed by atoms with E-state index in [1.807, 2.05) is 38.0 Å². The molecule has 0 saturated heterocycles. The molecule has 1 atom stereocenters. The first-order valence-electron chi connectivity index (χ1n) is 9.33. The van der Waals surface area contributed by atoms with Crippen LogP contribution >= 0.6 is 24.2 Å². The summed E-state index contributed by atoms with van der Waals surface area (Å²) in [5.74, 6) is 1.81. The third-order valence-corrected chi connectivity index (χ3v) is 6.44. The lowest BCUT2D eigenvalue weighted by molar-refractivity contribution is 0.0108. The second-order valence-corrected chi connectivity index (χ2v) is 8.15. The fourth-order valence-corrected chi connectivity index (χ4v) is 4.90. The summed E-state index contributed by atoms with van der Waals surface area (Å²) in [6.45, 7) is 0.257. The van der Waals surface area contributed by atoms with Gasteiger partial charge >= 0.3 is 5.97 Å². The van der Waals surface area contributed by atoms with E-state index in [0.717, 1.165) is 12.2 Å². The Morgan fingerprint density at radius 3 is 2.27 bits per heavy atom. The van der Waals surface area contributed by atoms with E-state index in [0.29, 0.717) is 22.8 Å². The number of ether oxygens (including phenoxy) is 4. The molecule has 6 nitrogen and oxygen atoms in total. The zero-order valence-corrected chi connectivity index (χ0v) is 19.5. The first-order valence-corrected chi connectivity index (χ1v) is 10.3. The van der Waals surface area contributed by atoms with Crippen molar-refractivity contribution in [2.75, 3.05) is 47.8 Å². The third-order valence-electron chi connectivity index (χ3n) is 5.36. The molecule has 0 fully saturated rings.